The molecule has 0 aliphatic carbocycles. The molecule has 0 bridgehead atoms. The van der Waals surface area contributed by atoms with Gasteiger partial charge in [-0.25, -0.2) is 0 Å². The Morgan fingerprint density at radius 3 is 2.73 bits per heavy atom. The highest BCUT2D eigenvalue weighted by molar-refractivity contribution is 6.03. The van der Waals surface area contributed by atoms with Crippen LogP contribution in [0.4, 0.5) is 11.4 Å². The van der Waals surface area contributed by atoms with Crippen molar-refractivity contribution in [1.29, 1.82) is 0 Å². The van der Waals surface area contributed by atoms with Crippen LogP contribution in [0.15, 0.2) is 66.7 Å². The van der Waals surface area contributed by atoms with E-state index in [0.29, 0.717) is 48.4 Å². The fraction of sp³-hybridized carbons (Fsp3) is 0.241. The molecule has 4 rings (SSSR count). The predicted molar refractivity (Wildman–Crippen MR) is 143 cm³/mol. The Labute approximate surface area is 216 Å². The molecule has 0 fully saturated rings. The first-order valence-corrected chi connectivity index (χ1v) is 12.0. The van der Waals surface area contributed by atoms with E-state index in [-0.39, 0.29) is 18.4 Å². The Morgan fingerprint density at radius 2 is 1.95 bits per heavy atom. The summed E-state index contributed by atoms with van der Waals surface area (Å²) in [6, 6.07) is 18.4. The number of anilines is 2. The number of hydrogen-bond acceptors (Lipinski definition) is 6. The monoisotopic (exact) mass is 502 g/mol. The lowest BCUT2D eigenvalue weighted by Gasteiger charge is -2.29. The molecule has 0 aromatic heterocycles. The second kappa shape index (κ2) is 12.0. The molecule has 3 aromatic carbocycles. The Kier molecular flexibility index (Phi) is 8.30. The highest BCUT2D eigenvalue weighted by Gasteiger charge is 2.25. The fourth-order valence-electron chi connectivity index (χ4n) is 3.91. The third kappa shape index (κ3) is 6.61. The molecule has 1 aliphatic heterocycles. The van der Waals surface area contributed by atoms with E-state index in [1.54, 1.807) is 48.4 Å². The van der Waals surface area contributed by atoms with Gasteiger partial charge in [-0.2, -0.15) is 0 Å². The molecule has 2 amide bonds. The van der Waals surface area contributed by atoms with Crippen molar-refractivity contribution in [2.24, 2.45) is 0 Å². The molecule has 0 unspecified atom stereocenters. The van der Waals surface area contributed by atoms with Crippen molar-refractivity contribution >= 4 is 29.3 Å². The molecule has 37 heavy (non-hydrogen) atoms. The van der Waals surface area contributed by atoms with E-state index in [1.807, 2.05) is 44.2 Å². The van der Waals surface area contributed by atoms with Crippen LogP contribution in [0.5, 0.6) is 23.0 Å². The molecule has 0 saturated heterocycles. The van der Waals surface area contributed by atoms with Crippen LogP contribution < -0.4 is 29.2 Å². The molecule has 8 heteroatoms. The lowest BCUT2D eigenvalue weighted by Crippen LogP contribution is -2.41. The Hall–Kier alpha value is -4.46. The number of rotatable bonds is 10. The molecule has 0 atom stereocenters. The number of carbonyl (C=O) groups is 2. The van der Waals surface area contributed by atoms with Crippen molar-refractivity contribution in [2.75, 3.05) is 43.7 Å². The second-order valence-electron chi connectivity index (χ2n) is 8.35. The molecule has 0 radical (unpaired) electrons. The number of ether oxygens (including phenoxy) is 4. The van der Waals surface area contributed by atoms with Crippen molar-refractivity contribution in [3.8, 4) is 23.0 Å². The van der Waals surface area contributed by atoms with E-state index in [9.17, 15) is 9.59 Å². The highest BCUT2D eigenvalue weighted by Crippen LogP contribution is 2.34. The van der Waals surface area contributed by atoms with Gasteiger partial charge in [-0.05, 0) is 67.4 Å². The predicted octanol–water partition coefficient (Wildman–Crippen LogP) is 4.86. The van der Waals surface area contributed by atoms with Gasteiger partial charge in [-0.1, -0.05) is 18.2 Å². The molecule has 1 heterocycles. The zero-order valence-electron chi connectivity index (χ0n) is 21.2. The summed E-state index contributed by atoms with van der Waals surface area (Å²) in [7, 11) is 1.57. The standard InChI is InChI=1S/C29H30N2O6/c1-4-35-25-12-8-21(17-27(25)34-3)9-13-28(32)30-22-10-11-24-26(18-22)37-19-29(33)31(24)14-15-36-23-7-5-6-20(2)16-23/h5-13,16-18H,4,14-15,19H2,1-3H3,(H,30,32)/b13-9+. The van der Waals surface area contributed by atoms with E-state index < -0.39 is 0 Å². The van der Waals surface area contributed by atoms with Crippen LogP contribution >= 0.6 is 0 Å². The van der Waals surface area contributed by atoms with Crippen LogP contribution in [0.3, 0.4) is 0 Å². The van der Waals surface area contributed by atoms with E-state index in [1.165, 1.54) is 6.08 Å². The number of nitrogens with one attached hydrogen (secondary N) is 1. The van der Waals surface area contributed by atoms with Gasteiger partial charge in [-0.15, -0.1) is 0 Å². The normalized spacial score (nSPS) is 12.6. The van der Waals surface area contributed by atoms with Crippen LogP contribution in [0.1, 0.15) is 18.1 Å². The Balaban J connectivity index is 1.38. The van der Waals surface area contributed by atoms with Gasteiger partial charge >= 0.3 is 0 Å². The highest BCUT2D eigenvalue weighted by atomic mass is 16.5. The first kappa shape index (κ1) is 25.6. The van der Waals surface area contributed by atoms with Crippen LogP contribution in [0.2, 0.25) is 0 Å². The summed E-state index contributed by atoms with van der Waals surface area (Å²) in [4.78, 5) is 26.6. The van der Waals surface area contributed by atoms with Gasteiger partial charge in [0.05, 0.1) is 25.9 Å². The third-order valence-electron chi connectivity index (χ3n) is 5.66. The van der Waals surface area contributed by atoms with Crippen LogP contribution in [0.25, 0.3) is 6.08 Å². The number of methoxy groups -OCH3 is 1. The number of fused-ring (bicyclic) bond motifs is 1. The van der Waals surface area contributed by atoms with Crippen LogP contribution in [-0.4, -0.2) is 45.3 Å². The van der Waals surface area contributed by atoms with Gasteiger partial charge in [0.15, 0.2) is 18.1 Å². The third-order valence-corrected chi connectivity index (χ3v) is 5.66. The summed E-state index contributed by atoms with van der Waals surface area (Å²) in [5.41, 5.74) is 3.10. The molecule has 1 aliphatic rings. The zero-order chi connectivity index (χ0) is 26.2. The summed E-state index contributed by atoms with van der Waals surface area (Å²) >= 11 is 0. The van der Waals surface area contributed by atoms with E-state index >= 15 is 0 Å². The summed E-state index contributed by atoms with van der Waals surface area (Å²) in [5, 5.41) is 2.83. The second-order valence-corrected chi connectivity index (χ2v) is 8.35. The number of benzene rings is 3. The molecule has 0 saturated carbocycles. The molecule has 1 N–H and O–H groups in total. The molecular formula is C29H30N2O6. The van der Waals surface area contributed by atoms with Crippen molar-refractivity contribution in [3.63, 3.8) is 0 Å². The Bertz CT molecular complexity index is 1300. The van der Waals surface area contributed by atoms with Gasteiger partial charge < -0.3 is 29.2 Å². The summed E-state index contributed by atoms with van der Waals surface area (Å²) < 4.78 is 22.3. The minimum absolute atomic E-state index is 0.0751. The van der Waals surface area contributed by atoms with Gasteiger partial charge in [0, 0.05) is 17.8 Å². The summed E-state index contributed by atoms with van der Waals surface area (Å²) in [6.45, 7) is 5.08. The zero-order valence-corrected chi connectivity index (χ0v) is 21.2. The topological polar surface area (TPSA) is 86.3 Å². The lowest BCUT2D eigenvalue weighted by atomic mass is 10.2. The number of nitrogens with zero attached hydrogens (tertiary/aromatic N) is 1. The average molecular weight is 503 g/mol. The number of aryl methyl sites for hydroxylation is 1. The Morgan fingerprint density at radius 1 is 1.08 bits per heavy atom. The number of amides is 2. The smallest absolute Gasteiger partial charge is 0.265 e. The SMILES string of the molecule is CCOc1ccc(/C=C/C(=O)Nc2ccc3c(c2)OCC(=O)N3CCOc2cccc(C)c2)cc1OC. The molecule has 192 valence electrons. The van der Waals surface area contributed by atoms with Gasteiger partial charge in [0.25, 0.3) is 5.91 Å². The first-order valence-electron chi connectivity index (χ1n) is 12.0. The minimum Gasteiger partial charge on any atom is -0.493 e. The maximum atomic E-state index is 12.5. The largest absolute Gasteiger partial charge is 0.493 e. The number of hydrogen-bond donors (Lipinski definition) is 1. The van der Waals surface area contributed by atoms with E-state index in [4.69, 9.17) is 18.9 Å². The first-order chi connectivity index (χ1) is 18.0. The summed E-state index contributed by atoms with van der Waals surface area (Å²) in [5.74, 6) is 2.08. The van der Waals surface area contributed by atoms with Crippen molar-refractivity contribution in [2.45, 2.75) is 13.8 Å². The van der Waals surface area contributed by atoms with Crippen LogP contribution in [0, 0.1) is 6.92 Å². The molecule has 8 nitrogen and oxygen atoms in total. The maximum Gasteiger partial charge on any atom is 0.265 e. The summed E-state index contributed by atoms with van der Waals surface area (Å²) in [6.07, 6.45) is 3.13. The quantitative estimate of drug-likeness (QED) is 0.399. The van der Waals surface area contributed by atoms with Crippen LogP contribution in [-0.2, 0) is 9.59 Å². The van der Waals surface area contributed by atoms with Gasteiger partial charge in [-0.3, -0.25) is 9.59 Å². The van der Waals surface area contributed by atoms with Crippen molar-refractivity contribution in [1.82, 2.24) is 0 Å². The van der Waals surface area contributed by atoms with E-state index in [2.05, 4.69) is 5.32 Å². The lowest BCUT2D eigenvalue weighted by molar-refractivity contribution is -0.121. The molecule has 0 spiro atoms. The maximum absolute atomic E-state index is 12.5. The minimum atomic E-state index is -0.303. The van der Waals surface area contributed by atoms with Crippen molar-refractivity contribution < 1.29 is 28.5 Å². The number of carbonyl (C=O) groups excluding carboxylic acids is 2. The van der Waals surface area contributed by atoms with Crippen molar-refractivity contribution in [3.05, 3.63) is 77.9 Å². The molecule has 3 aromatic rings. The molecular weight excluding hydrogens is 472 g/mol. The van der Waals surface area contributed by atoms with E-state index in [0.717, 1.165) is 16.9 Å². The van der Waals surface area contributed by atoms with Gasteiger partial charge in [0.2, 0.25) is 5.91 Å². The van der Waals surface area contributed by atoms with Gasteiger partial charge in [0.1, 0.15) is 18.1 Å². The average Bonchev–Trinajstić information content (AvgIpc) is 2.89. The fourth-order valence-corrected chi connectivity index (χ4v) is 3.91.